The molecule has 1 unspecified atom stereocenters. The van der Waals surface area contributed by atoms with Crippen LogP contribution in [0.1, 0.15) is 24.7 Å². The molecule has 2 rings (SSSR count). The van der Waals surface area contributed by atoms with Crippen molar-refractivity contribution in [3.8, 4) is 0 Å². The molecule has 7 heteroatoms. The Kier molecular flexibility index (Phi) is 4.74. The summed E-state index contributed by atoms with van der Waals surface area (Å²) in [6, 6.07) is 1.82. The molecule has 0 radical (unpaired) electrons. The molecule has 0 amide bonds. The van der Waals surface area contributed by atoms with Gasteiger partial charge in [-0.3, -0.25) is 4.68 Å². The number of nitrogens with zero attached hydrogens (tertiary/aromatic N) is 4. The Morgan fingerprint density at radius 3 is 2.57 bits per heavy atom. The van der Waals surface area contributed by atoms with E-state index in [9.17, 15) is 5.11 Å². The third-order valence-corrected chi connectivity index (χ3v) is 3.49. The minimum absolute atomic E-state index is 0.00499. The second-order valence-electron chi connectivity index (χ2n) is 5.01. The van der Waals surface area contributed by atoms with Crippen LogP contribution in [0.3, 0.4) is 0 Å². The molecule has 0 spiro atoms. The van der Waals surface area contributed by atoms with Gasteiger partial charge in [-0.2, -0.15) is 5.10 Å². The zero-order valence-corrected chi connectivity index (χ0v) is 12.9. The summed E-state index contributed by atoms with van der Waals surface area (Å²) >= 11 is 0. The summed E-state index contributed by atoms with van der Waals surface area (Å²) in [5, 5.41) is 20.1. The van der Waals surface area contributed by atoms with E-state index in [0.29, 0.717) is 11.6 Å². The topological polar surface area (TPSA) is 87.9 Å². The molecular weight excluding hydrogens is 268 g/mol. The zero-order valence-electron chi connectivity index (χ0n) is 12.9. The first kappa shape index (κ1) is 15.2. The normalized spacial score (nSPS) is 12.2. The van der Waals surface area contributed by atoms with E-state index in [0.717, 1.165) is 23.5 Å². The Balaban J connectivity index is 2.18. The standard InChI is InChI=1S/C14H22N6O/c1-5-11(7-21)17-12-6-13(16-8-15-12)18-14-9(2)19-20(4)10(14)3/h6,8,11,21H,5,7H2,1-4H3,(H2,15,16,17,18). The van der Waals surface area contributed by atoms with Crippen molar-refractivity contribution >= 4 is 17.3 Å². The molecule has 7 nitrogen and oxygen atoms in total. The second kappa shape index (κ2) is 6.53. The molecule has 1 atom stereocenters. The van der Waals surface area contributed by atoms with Crippen LogP contribution in [0.2, 0.25) is 0 Å². The Labute approximate surface area is 124 Å². The largest absolute Gasteiger partial charge is 0.394 e. The minimum Gasteiger partial charge on any atom is -0.394 e. The molecule has 0 aliphatic rings. The van der Waals surface area contributed by atoms with Gasteiger partial charge in [-0.05, 0) is 20.3 Å². The lowest BCUT2D eigenvalue weighted by atomic mass is 10.2. The van der Waals surface area contributed by atoms with Gasteiger partial charge in [0.1, 0.15) is 18.0 Å². The smallest absolute Gasteiger partial charge is 0.135 e. The third-order valence-electron chi connectivity index (χ3n) is 3.49. The van der Waals surface area contributed by atoms with Crippen molar-refractivity contribution < 1.29 is 5.11 Å². The molecule has 114 valence electrons. The number of rotatable bonds is 6. The zero-order chi connectivity index (χ0) is 15.4. The lowest BCUT2D eigenvalue weighted by molar-refractivity contribution is 0.271. The van der Waals surface area contributed by atoms with Gasteiger partial charge in [0.2, 0.25) is 0 Å². The molecule has 0 saturated carbocycles. The summed E-state index contributed by atoms with van der Waals surface area (Å²) in [4.78, 5) is 8.40. The Bertz CT molecular complexity index is 606. The van der Waals surface area contributed by atoms with E-state index >= 15 is 0 Å². The molecule has 0 aliphatic carbocycles. The van der Waals surface area contributed by atoms with Gasteiger partial charge in [0.25, 0.3) is 0 Å². The average molecular weight is 290 g/mol. The van der Waals surface area contributed by atoms with Crippen LogP contribution in [0.25, 0.3) is 0 Å². The fourth-order valence-corrected chi connectivity index (χ4v) is 2.07. The van der Waals surface area contributed by atoms with E-state index in [1.54, 1.807) is 0 Å². The molecule has 0 aromatic carbocycles. The van der Waals surface area contributed by atoms with Crippen LogP contribution < -0.4 is 10.6 Å². The van der Waals surface area contributed by atoms with Gasteiger partial charge >= 0.3 is 0 Å². The van der Waals surface area contributed by atoms with Crippen molar-refractivity contribution in [2.75, 3.05) is 17.2 Å². The monoisotopic (exact) mass is 290 g/mol. The van der Waals surface area contributed by atoms with Crippen LogP contribution in [0.15, 0.2) is 12.4 Å². The predicted molar refractivity (Wildman–Crippen MR) is 82.8 cm³/mol. The number of nitrogens with one attached hydrogen (secondary N) is 2. The molecule has 0 fully saturated rings. The Morgan fingerprint density at radius 1 is 1.29 bits per heavy atom. The third kappa shape index (κ3) is 3.49. The number of aliphatic hydroxyl groups is 1. The van der Waals surface area contributed by atoms with Gasteiger partial charge in [-0.25, -0.2) is 9.97 Å². The van der Waals surface area contributed by atoms with Crippen LogP contribution in [-0.2, 0) is 7.05 Å². The van der Waals surface area contributed by atoms with Crippen molar-refractivity contribution in [2.45, 2.75) is 33.2 Å². The van der Waals surface area contributed by atoms with Crippen molar-refractivity contribution in [2.24, 2.45) is 7.05 Å². The van der Waals surface area contributed by atoms with Gasteiger partial charge in [0, 0.05) is 13.1 Å². The van der Waals surface area contributed by atoms with Crippen LogP contribution in [0.5, 0.6) is 0 Å². The van der Waals surface area contributed by atoms with E-state index in [1.165, 1.54) is 6.33 Å². The highest BCUT2D eigenvalue weighted by Gasteiger charge is 2.11. The maximum atomic E-state index is 9.23. The van der Waals surface area contributed by atoms with E-state index in [2.05, 4.69) is 25.7 Å². The number of anilines is 3. The van der Waals surface area contributed by atoms with Crippen molar-refractivity contribution in [1.82, 2.24) is 19.7 Å². The molecule has 0 aliphatic heterocycles. The molecule has 21 heavy (non-hydrogen) atoms. The average Bonchev–Trinajstić information content (AvgIpc) is 2.72. The lowest BCUT2D eigenvalue weighted by Gasteiger charge is -2.15. The molecule has 3 N–H and O–H groups in total. The number of aliphatic hydroxyl groups excluding tert-OH is 1. The summed E-state index contributed by atoms with van der Waals surface area (Å²) in [7, 11) is 1.91. The van der Waals surface area contributed by atoms with E-state index < -0.39 is 0 Å². The highest BCUT2D eigenvalue weighted by molar-refractivity contribution is 5.63. The second-order valence-corrected chi connectivity index (χ2v) is 5.01. The van der Waals surface area contributed by atoms with Crippen LogP contribution in [0, 0.1) is 13.8 Å². The SMILES string of the molecule is CCC(CO)Nc1cc(Nc2c(C)nn(C)c2C)ncn1. The van der Waals surface area contributed by atoms with E-state index in [4.69, 9.17) is 0 Å². The number of aryl methyl sites for hydroxylation is 2. The molecule has 0 saturated heterocycles. The fraction of sp³-hybridized carbons (Fsp3) is 0.500. The van der Waals surface area contributed by atoms with Crippen molar-refractivity contribution in [1.29, 1.82) is 0 Å². The van der Waals surface area contributed by atoms with E-state index in [1.807, 2.05) is 38.6 Å². The van der Waals surface area contributed by atoms with Crippen molar-refractivity contribution in [3.05, 3.63) is 23.8 Å². The molecule has 0 bridgehead atoms. The molecule has 2 aromatic rings. The van der Waals surface area contributed by atoms with Gasteiger partial charge in [0.15, 0.2) is 0 Å². The van der Waals surface area contributed by atoms with Crippen LogP contribution >= 0.6 is 0 Å². The van der Waals surface area contributed by atoms with Crippen molar-refractivity contribution in [3.63, 3.8) is 0 Å². The highest BCUT2D eigenvalue weighted by Crippen LogP contribution is 2.23. The number of hydrogen-bond acceptors (Lipinski definition) is 6. The first-order chi connectivity index (χ1) is 10.0. The predicted octanol–water partition coefficient (Wildman–Crippen LogP) is 1.75. The molecule has 2 aromatic heterocycles. The summed E-state index contributed by atoms with van der Waals surface area (Å²) < 4.78 is 1.83. The molecular formula is C14H22N6O. The van der Waals surface area contributed by atoms with Gasteiger partial charge in [-0.15, -0.1) is 0 Å². The van der Waals surface area contributed by atoms with Crippen LogP contribution in [0.4, 0.5) is 17.3 Å². The first-order valence-electron chi connectivity index (χ1n) is 7.01. The maximum Gasteiger partial charge on any atom is 0.135 e. The summed E-state index contributed by atoms with van der Waals surface area (Å²) in [5.74, 6) is 1.38. The van der Waals surface area contributed by atoms with Gasteiger partial charge in [-0.1, -0.05) is 6.92 Å². The van der Waals surface area contributed by atoms with Crippen LogP contribution in [-0.4, -0.2) is 37.5 Å². The number of aromatic nitrogens is 4. The Hall–Kier alpha value is -2.15. The quantitative estimate of drug-likeness (QED) is 0.751. The summed E-state index contributed by atoms with van der Waals surface area (Å²) in [6.07, 6.45) is 2.32. The summed E-state index contributed by atoms with van der Waals surface area (Å²) in [5.41, 5.74) is 2.92. The lowest BCUT2D eigenvalue weighted by Crippen LogP contribution is -2.23. The van der Waals surface area contributed by atoms with Gasteiger partial charge < -0.3 is 15.7 Å². The maximum absolute atomic E-state index is 9.23. The van der Waals surface area contributed by atoms with E-state index in [-0.39, 0.29) is 12.6 Å². The molecule has 2 heterocycles. The minimum atomic E-state index is -0.00499. The highest BCUT2D eigenvalue weighted by atomic mass is 16.3. The number of hydrogen-bond donors (Lipinski definition) is 3. The fourth-order valence-electron chi connectivity index (χ4n) is 2.07. The summed E-state index contributed by atoms with van der Waals surface area (Å²) in [6.45, 7) is 6.04. The first-order valence-corrected chi connectivity index (χ1v) is 7.01. The van der Waals surface area contributed by atoms with Gasteiger partial charge in [0.05, 0.1) is 29.7 Å². The Morgan fingerprint density at radius 2 is 2.00 bits per heavy atom.